The second kappa shape index (κ2) is 6.31. The van der Waals surface area contributed by atoms with Gasteiger partial charge in [-0.05, 0) is 38.3 Å². The van der Waals surface area contributed by atoms with E-state index in [-0.39, 0.29) is 5.69 Å². The van der Waals surface area contributed by atoms with E-state index in [4.69, 9.17) is 5.11 Å². The number of H-pyrrole nitrogens is 2. The molecule has 0 bridgehead atoms. The number of nitrogens with zero attached hydrogens (tertiary/aromatic N) is 3. The lowest BCUT2D eigenvalue weighted by atomic mass is 10.1. The fourth-order valence-electron chi connectivity index (χ4n) is 3.08. The first-order valence-electron chi connectivity index (χ1n) is 7.64. The minimum Gasteiger partial charge on any atom is -0.477 e. The summed E-state index contributed by atoms with van der Waals surface area (Å²) >= 11 is 0. The van der Waals surface area contributed by atoms with E-state index < -0.39 is 5.97 Å². The lowest BCUT2D eigenvalue weighted by molar-refractivity contribution is 0.0688. The number of carboxylic acid groups (broad SMARTS) is 1. The van der Waals surface area contributed by atoms with Crippen LogP contribution in [0.4, 0.5) is 0 Å². The molecule has 2 aromatic rings. The second-order valence-corrected chi connectivity index (χ2v) is 5.94. The topological polar surface area (TPSA) is 97.9 Å². The number of hydrogen-bond acceptors (Lipinski definition) is 4. The van der Waals surface area contributed by atoms with Crippen molar-refractivity contribution in [1.82, 2.24) is 25.3 Å². The fourth-order valence-corrected chi connectivity index (χ4v) is 3.08. The minimum absolute atomic E-state index is 0.160. The van der Waals surface area contributed by atoms with Gasteiger partial charge in [0.15, 0.2) is 0 Å². The Bertz CT molecular complexity index is 661. The average Bonchev–Trinajstić information content (AvgIpc) is 3.00. The SMILES string of the molecule is CN(Cc1cn[nH]c1C(=O)O)Cc1n[nH]c2c1CCCCC2. The van der Waals surface area contributed by atoms with Crippen molar-refractivity contribution in [2.24, 2.45) is 0 Å². The number of rotatable bonds is 5. The molecule has 0 radical (unpaired) electrons. The zero-order valence-corrected chi connectivity index (χ0v) is 12.7. The Morgan fingerprint density at radius 2 is 2.09 bits per heavy atom. The first-order valence-corrected chi connectivity index (χ1v) is 7.64. The van der Waals surface area contributed by atoms with Gasteiger partial charge < -0.3 is 5.11 Å². The summed E-state index contributed by atoms with van der Waals surface area (Å²) in [6, 6.07) is 0. The van der Waals surface area contributed by atoms with Crippen molar-refractivity contribution in [2.45, 2.75) is 45.2 Å². The number of fused-ring (bicyclic) bond motifs is 1. The van der Waals surface area contributed by atoms with Crippen molar-refractivity contribution in [3.05, 3.63) is 34.4 Å². The summed E-state index contributed by atoms with van der Waals surface area (Å²) in [5.41, 5.74) is 4.56. The summed E-state index contributed by atoms with van der Waals surface area (Å²) in [5.74, 6) is -0.977. The quantitative estimate of drug-likeness (QED) is 0.731. The van der Waals surface area contributed by atoms with Gasteiger partial charge in [0, 0.05) is 24.3 Å². The first kappa shape index (κ1) is 14.8. The maximum atomic E-state index is 11.1. The van der Waals surface area contributed by atoms with Gasteiger partial charge in [-0.2, -0.15) is 10.2 Å². The standard InChI is InChI=1S/C15H21N5O2/c1-20(8-10-7-16-19-14(10)15(21)22)9-13-11-5-3-2-4-6-12(11)17-18-13/h7H,2-6,8-9H2,1H3,(H,16,19)(H,17,18)(H,21,22). The molecule has 2 aromatic heterocycles. The zero-order valence-electron chi connectivity index (χ0n) is 12.7. The van der Waals surface area contributed by atoms with E-state index >= 15 is 0 Å². The van der Waals surface area contributed by atoms with Crippen LogP contribution in [0.3, 0.4) is 0 Å². The average molecular weight is 303 g/mol. The number of aromatic amines is 2. The van der Waals surface area contributed by atoms with Crippen molar-refractivity contribution in [2.75, 3.05) is 7.05 Å². The number of aromatic nitrogens is 4. The van der Waals surface area contributed by atoms with Crippen LogP contribution in [0.15, 0.2) is 6.20 Å². The van der Waals surface area contributed by atoms with Crippen LogP contribution in [0.2, 0.25) is 0 Å². The Labute approximate surface area is 128 Å². The van der Waals surface area contributed by atoms with Crippen LogP contribution in [0.1, 0.15) is 52.3 Å². The molecule has 118 valence electrons. The Kier molecular flexibility index (Phi) is 4.24. The van der Waals surface area contributed by atoms with Gasteiger partial charge in [0.05, 0.1) is 11.9 Å². The van der Waals surface area contributed by atoms with Crippen LogP contribution in [0.25, 0.3) is 0 Å². The van der Waals surface area contributed by atoms with Gasteiger partial charge >= 0.3 is 5.97 Å². The first-order chi connectivity index (χ1) is 10.6. The highest BCUT2D eigenvalue weighted by Gasteiger charge is 2.18. The molecule has 7 nitrogen and oxygen atoms in total. The monoisotopic (exact) mass is 303 g/mol. The van der Waals surface area contributed by atoms with Gasteiger partial charge in [0.2, 0.25) is 0 Å². The molecule has 0 unspecified atom stereocenters. The van der Waals surface area contributed by atoms with E-state index in [2.05, 4.69) is 25.3 Å². The molecule has 1 aliphatic rings. The molecular weight excluding hydrogens is 282 g/mol. The van der Waals surface area contributed by atoms with E-state index in [1.165, 1.54) is 30.5 Å². The van der Waals surface area contributed by atoms with E-state index in [0.29, 0.717) is 18.7 Å². The molecule has 3 rings (SSSR count). The fraction of sp³-hybridized carbons (Fsp3) is 0.533. The molecule has 22 heavy (non-hydrogen) atoms. The molecule has 0 saturated carbocycles. The lowest BCUT2D eigenvalue weighted by Crippen LogP contribution is -2.19. The molecular formula is C15H21N5O2. The lowest BCUT2D eigenvalue weighted by Gasteiger charge is -2.15. The molecule has 0 spiro atoms. The third-order valence-electron chi connectivity index (χ3n) is 4.18. The molecule has 1 aliphatic carbocycles. The highest BCUT2D eigenvalue weighted by molar-refractivity contribution is 5.86. The predicted molar refractivity (Wildman–Crippen MR) is 80.6 cm³/mol. The zero-order chi connectivity index (χ0) is 15.5. The highest BCUT2D eigenvalue weighted by Crippen LogP contribution is 2.22. The minimum atomic E-state index is -0.977. The van der Waals surface area contributed by atoms with E-state index in [0.717, 1.165) is 18.5 Å². The van der Waals surface area contributed by atoms with Crippen LogP contribution >= 0.6 is 0 Å². The van der Waals surface area contributed by atoms with Crippen molar-refractivity contribution >= 4 is 5.97 Å². The smallest absolute Gasteiger partial charge is 0.354 e. The van der Waals surface area contributed by atoms with Gasteiger partial charge in [0.1, 0.15) is 5.69 Å². The summed E-state index contributed by atoms with van der Waals surface area (Å²) in [4.78, 5) is 13.2. The summed E-state index contributed by atoms with van der Waals surface area (Å²) in [5, 5.41) is 23.1. The second-order valence-electron chi connectivity index (χ2n) is 5.94. The summed E-state index contributed by atoms with van der Waals surface area (Å²) in [6.45, 7) is 1.23. The molecule has 7 heteroatoms. The highest BCUT2D eigenvalue weighted by atomic mass is 16.4. The molecule has 0 amide bonds. The number of carboxylic acids is 1. The maximum Gasteiger partial charge on any atom is 0.354 e. The molecule has 0 saturated heterocycles. The van der Waals surface area contributed by atoms with Crippen LogP contribution < -0.4 is 0 Å². The van der Waals surface area contributed by atoms with E-state index in [1.807, 2.05) is 7.05 Å². The summed E-state index contributed by atoms with van der Waals surface area (Å²) in [6.07, 6.45) is 7.45. The summed E-state index contributed by atoms with van der Waals surface area (Å²) < 4.78 is 0. The van der Waals surface area contributed by atoms with Gasteiger partial charge in [-0.1, -0.05) is 6.42 Å². The normalized spacial score (nSPS) is 14.8. The van der Waals surface area contributed by atoms with Crippen LogP contribution in [0.5, 0.6) is 0 Å². The number of nitrogens with one attached hydrogen (secondary N) is 2. The Morgan fingerprint density at radius 1 is 1.27 bits per heavy atom. The molecule has 0 atom stereocenters. The van der Waals surface area contributed by atoms with Gasteiger partial charge in [0.25, 0.3) is 0 Å². The van der Waals surface area contributed by atoms with Crippen molar-refractivity contribution in [3.8, 4) is 0 Å². The summed E-state index contributed by atoms with van der Waals surface area (Å²) in [7, 11) is 1.97. The Balaban J connectivity index is 1.69. The van der Waals surface area contributed by atoms with E-state index in [9.17, 15) is 4.79 Å². The number of hydrogen-bond donors (Lipinski definition) is 3. The largest absolute Gasteiger partial charge is 0.477 e. The molecule has 0 aliphatic heterocycles. The van der Waals surface area contributed by atoms with Gasteiger partial charge in [-0.15, -0.1) is 0 Å². The molecule has 3 N–H and O–H groups in total. The predicted octanol–water partition coefficient (Wildman–Crippen LogP) is 1.73. The maximum absolute atomic E-state index is 11.1. The van der Waals surface area contributed by atoms with E-state index in [1.54, 1.807) is 6.20 Å². The Morgan fingerprint density at radius 3 is 2.91 bits per heavy atom. The van der Waals surface area contributed by atoms with Gasteiger partial charge in [-0.25, -0.2) is 4.79 Å². The third-order valence-corrected chi connectivity index (χ3v) is 4.18. The molecule has 0 aromatic carbocycles. The van der Waals surface area contributed by atoms with Crippen molar-refractivity contribution < 1.29 is 9.90 Å². The number of carbonyl (C=O) groups is 1. The van der Waals surface area contributed by atoms with Crippen LogP contribution in [-0.4, -0.2) is 43.4 Å². The van der Waals surface area contributed by atoms with Gasteiger partial charge in [-0.3, -0.25) is 15.1 Å². The van der Waals surface area contributed by atoms with Crippen LogP contribution in [-0.2, 0) is 25.9 Å². The Hall–Kier alpha value is -2.15. The number of aromatic carboxylic acids is 1. The number of aryl methyl sites for hydroxylation is 1. The molecule has 2 heterocycles. The van der Waals surface area contributed by atoms with Crippen LogP contribution in [0, 0.1) is 0 Å². The molecule has 0 fully saturated rings. The van der Waals surface area contributed by atoms with Crippen molar-refractivity contribution in [1.29, 1.82) is 0 Å². The van der Waals surface area contributed by atoms with Crippen molar-refractivity contribution in [3.63, 3.8) is 0 Å². The third kappa shape index (κ3) is 3.04.